The highest BCUT2D eigenvalue weighted by molar-refractivity contribution is 5.92. The maximum absolute atomic E-state index is 14.4. The molecular formula is C24H26F3N3O. The molecule has 0 saturated heterocycles. The molecule has 1 heterocycles. The van der Waals surface area contributed by atoms with E-state index in [0.29, 0.717) is 28.6 Å². The molecule has 0 spiro atoms. The van der Waals surface area contributed by atoms with Crippen molar-refractivity contribution in [2.75, 3.05) is 13.6 Å². The van der Waals surface area contributed by atoms with Crippen LogP contribution < -0.4 is 10.6 Å². The van der Waals surface area contributed by atoms with Crippen LogP contribution >= 0.6 is 0 Å². The van der Waals surface area contributed by atoms with Gasteiger partial charge >= 0.3 is 0 Å². The topological polar surface area (TPSA) is 56.9 Å². The van der Waals surface area contributed by atoms with Crippen molar-refractivity contribution in [1.29, 1.82) is 0 Å². The Hall–Kier alpha value is -3.06. The van der Waals surface area contributed by atoms with Crippen molar-refractivity contribution in [3.05, 3.63) is 72.1 Å². The Balaban J connectivity index is 1.96. The highest BCUT2D eigenvalue weighted by Crippen LogP contribution is 2.34. The van der Waals surface area contributed by atoms with E-state index in [2.05, 4.69) is 22.2 Å². The molecule has 2 aromatic carbocycles. The summed E-state index contributed by atoms with van der Waals surface area (Å²) >= 11 is 0. The van der Waals surface area contributed by atoms with Gasteiger partial charge in [0.05, 0.1) is 5.52 Å². The molecule has 7 heteroatoms. The van der Waals surface area contributed by atoms with E-state index in [4.69, 9.17) is 0 Å². The van der Waals surface area contributed by atoms with Crippen LogP contribution in [0.2, 0.25) is 0 Å². The smallest absolute Gasteiger partial charge is 0.223 e. The number of carbonyl (C=O) groups is 1. The number of amides is 1. The van der Waals surface area contributed by atoms with Crippen LogP contribution in [0, 0.1) is 23.4 Å². The first-order valence-electron chi connectivity index (χ1n) is 10.2. The van der Waals surface area contributed by atoms with E-state index in [1.54, 1.807) is 25.1 Å². The molecule has 0 aliphatic carbocycles. The lowest BCUT2D eigenvalue weighted by Gasteiger charge is -2.18. The highest BCUT2D eigenvalue weighted by Gasteiger charge is 2.23. The summed E-state index contributed by atoms with van der Waals surface area (Å²) in [5.74, 6) is -2.48. The normalized spacial score (nSPS) is 13.2. The van der Waals surface area contributed by atoms with Crippen LogP contribution in [0.1, 0.15) is 18.9 Å². The summed E-state index contributed by atoms with van der Waals surface area (Å²) in [6.07, 6.45) is 2.63. The summed E-state index contributed by atoms with van der Waals surface area (Å²) in [5.41, 5.74) is 1.92. The van der Waals surface area contributed by atoms with Gasteiger partial charge in [-0.15, -0.1) is 6.58 Å². The van der Waals surface area contributed by atoms with Crippen molar-refractivity contribution in [3.8, 4) is 11.3 Å². The first-order valence-corrected chi connectivity index (χ1v) is 10.2. The van der Waals surface area contributed by atoms with Crippen molar-refractivity contribution in [2.45, 2.75) is 25.8 Å². The summed E-state index contributed by atoms with van der Waals surface area (Å²) < 4.78 is 41.8. The lowest BCUT2D eigenvalue weighted by atomic mass is 9.95. The Kier molecular flexibility index (Phi) is 7.17. The van der Waals surface area contributed by atoms with E-state index in [-0.39, 0.29) is 23.9 Å². The summed E-state index contributed by atoms with van der Waals surface area (Å²) in [6, 6.07) is 7.60. The minimum atomic E-state index is -0.722. The van der Waals surface area contributed by atoms with Crippen molar-refractivity contribution in [1.82, 2.24) is 15.6 Å². The van der Waals surface area contributed by atoms with E-state index in [1.165, 1.54) is 18.2 Å². The van der Waals surface area contributed by atoms with Gasteiger partial charge in [-0.2, -0.15) is 0 Å². The quantitative estimate of drug-likeness (QED) is 0.432. The molecule has 0 saturated carbocycles. The lowest BCUT2D eigenvalue weighted by Crippen LogP contribution is -2.39. The maximum Gasteiger partial charge on any atom is 0.223 e. The molecule has 1 amide bonds. The minimum absolute atomic E-state index is 0.154. The molecule has 0 bridgehead atoms. The van der Waals surface area contributed by atoms with Crippen LogP contribution in [0.15, 0.2) is 49.1 Å². The van der Waals surface area contributed by atoms with Gasteiger partial charge in [0, 0.05) is 29.1 Å². The number of hydrogen-bond donors (Lipinski definition) is 3. The molecule has 0 fully saturated rings. The number of benzene rings is 2. The van der Waals surface area contributed by atoms with Crippen molar-refractivity contribution < 1.29 is 18.0 Å². The zero-order chi connectivity index (χ0) is 22.5. The molecular weight excluding hydrogens is 403 g/mol. The minimum Gasteiger partial charge on any atom is -0.352 e. The predicted octanol–water partition coefficient (Wildman–Crippen LogP) is 4.71. The fourth-order valence-corrected chi connectivity index (χ4v) is 3.62. The fraction of sp³-hybridized carbons (Fsp3) is 0.292. The Morgan fingerprint density at radius 3 is 2.52 bits per heavy atom. The van der Waals surface area contributed by atoms with Gasteiger partial charge in [0.2, 0.25) is 5.91 Å². The highest BCUT2D eigenvalue weighted by atomic mass is 19.1. The second-order valence-electron chi connectivity index (χ2n) is 7.64. The summed E-state index contributed by atoms with van der Waals surface area (Å²) in [4.78, 5) is 15.8. The molecule has 1 aromatic heterocycles. The van der Waals surface area contributed by atoms with Gasteiger partial charge in [-0.1, -0.05) is 13.0 Å². The first kappa shape index (κ1) is 22.6. The van der Waals surface area contributed by atoms with Crippen molar-refractivity contribution >= 4 is 16.8 Å². The molecule has 4 nitrogen and oxygen atoms in total. The third-order valence-electron chi connectivity index (χ3n) is 5.34. The average Bonchev–Trinajstić information content (AvgIpc) is 3.10. The van der Waals surface area contributed by atoms with Crippen molar-refractivity contribution in [2.24, 2.45) is 5.92 Å². The van der Waals surface area contributed by atoms with Crippen LogP contribution in [-0.2, 0) is 11.2 Å². The van der Waals surface area contributed by atoms with E-state index in [0.717, 1.165) is 12.6 Å². The lowest BCUT2D eigenvalue weighted by molar-refractivity contribution is -0.124. The van der Waals surface area contributed by atoms with Crippen LogP contribution in [0.4, 0.5) is 13.2 Å². The molecule has 0 radical (unpaired) electrons. The van der Waals surface area contributed by atoms with Crippen LogP contribution in [0.5, 0.6) is 0 Å². The van der Waals surface area contributed by atoms with Gasteiger partial charge < -0.3 is 15.6 Å². The number of carbonyl (C=O) groups excluding carboxylic acids is 1. The number of fused-ring (bicyclic) bond motifs is 1. The second kappa shape index (κ2) is 9.83. The molecule has 0 aliphatic rings. The zero-order valence-corrected chi connectivity index (χ0v) is 17.6. The average molecular weight is 429 g/mol. The van der Waals surface area contributed by atoms with Gasteiger partial charge in [0.15, 0.2) is 0 Å². The zero-order valence-electron chi connectivity index (χ0n) is 17.6. The third kappa shape index (κ3) is 5.17. The fourth-order valence-electron chi connectivity index (χ4n) is 3.62. The SMILES string of the molecule is C=CC(CCNC)NC(=O)C(C)Cc1c(-c2ccc(F)cc2)[nH]c2c(F)cc(F)cc12. The van der Waals surface area contributed by atoms with E-state index in [1.807, 2.05) is 7.05 Å². The molecule has 3 aromatic rings. The standard InChI is InChI=1S/C24H26F3N3O/c1-4-18(9-10-28-3)29-24(31)14(2)11-19-20-12-17(26)13-21(27)23(20)30-22(19)15-5-7-16(25)8-6-15/h4-8,12-14,18,28,30H,1,9-11H2,2-3H3,(H,29,31). The Bertz CT molecular complexity index is 1080. The van der Waals surface area contributed by atoms with Crippen LogP contribution in [0.25, 0.3) is 22.2 Å². The molecule has 31 heavy (non-hydrogen) atoms. The maximum atomic E-state index is 14.4. The number of hydrogen-bond acceptors (Lipinski definition) is 2. The summed E-state index contributed by atoms with van der Waals surface area (Å²) in [7, 11) is 1.83. The molecule has 2 atom stereocenters. The molecule has 3 rings (SSSR count). The number of aromatic nitrogens is 1. The van der Waals surface area contributed by atoms with Gasteiger partial charge in [0.1, 0.15) is 17.5 Å². The molecule has 2 unspecified atom stereocenters. The number of rotatable bonds is 9. The van der Waals surface area contributed by atoms with Gasteiger partial charge in [-0.05, 0) is 67.9 Å². The number of nitrogens with one attached hydrogen (secondary N) is 3. The number of halogens is 3. The predicted molar refractivity (Wildman–Crippen MR) is 117 cm³/mol. The second-order valence-corrected chi connectivity index (χ2v) is 7.64. The van der Waals surface area contributed by atoms with Gasteiger partial charge in [-0.3, -0.25) is 4.79 Å². The first-order chi connectivity index (χ1) is 14.8. The number of H-pyrrole nitrogens is 1. The Morgan fingerprint density at radius 1 is 1.16 bits per heavy atom. The Labute approximate surface area is 179 Å². The van der Waals surface area contributed by atoms with Gasteiger partial charge in [0.25, 0.3) is 0 Å². The largest absolute Gasteiger partial charge is 0.352 e. The van der Waals surface area contributed by atoms with E-state index >= 15 is 0 Å². The molecule has 3 N–H and O–H groups in total. The van der Waals surface area contributed by atoms with E-state index < -0.39 is 23.4 Å². The van der Waals surface area contributed by atoms with Gasteiger partial charge in [-0.25, -0.2) is 13.2 Å². The van der Waals surface area contributed by atoms with Crippen LogP contribution in [0.3, 0.4) is 0 Å². The third-order valence-corrected chi connectivity index (χ3v) is 5.34. The Morgan fingerprint density at radius 2 is 1.87 bits per heavy atom. The van der Waals surface area contributed by atoms with E-state index in [9.17, 15) is 18.0 Å². The molecule has 164 valence electrons. The van der Waals surface area contributed by atoms with Crippen LogP contribution in [-0.4, -0.2) is 30.5 Å². The summed E-state index contributed by atoms with van der Waals surface area (Å²) in [6.45, 7) is 6.25. The number of aromatic amines is 1. The monoisotopic (exact) mass is 429 g/mol. The van der Waals surface area contributed by atoms with Crippen molar-refractivity contribution in [3.63, 3.8) is 0 Å². The summed E-state index contributed by atoms with van der Waals surface area (Å²) in [5, 5.41) is 6.34. The molecule has 0 aliphatic heterocycles.